The first-order valence-electron chi connectivity index (χ1n) is 12.9. The van der Waals surface area contributed by atoms with E-state index < -0.39 is 5.79 Å². The Hall–Kier alpha value is -3.75. The number of anilines is 1. The Morgan fingerprint density at radius 1 is 0.895 bits per heavy atom. The summed E-state index contributed by atoms with van der Waals surface area (Å²) in [7, 11) is 4.79. The molecule has 1 saturated heterocycles. The second-order valence-electron chi connectivity index (χ2n) is 9.53. The van der Waals surface area contributed by atoms with Crippen molar-refractivity contribution in [3.8, 4) is 34.1 Å². The summed E-state index contributed by atoms with van der Waals surface area (Å²) in [5.41, 5.74) is 4.61. The lowest BCUT2D eigenvalue weighted by molar-refractivity contribution is -0.218. The average molecular weight is 519 g/mol. The van der Waals surface area contributed by atoms with E-state index in [1.165, 1.54) is 0 Å². The monoisotopic (exact) mass is 518 g/mol. The predicted molar refractivity (Wildman–Crippen MR) is 145 cm³/mol. The maximum atomic E-state index is 12.9. The summed E-state index contributed by atoms with van der Waals surface area (Å²) in [5.74, 6) is 2.16. The van der Waals surface area contributed by atoms with Crippen LogP contribution in [0.15, 0.2) is 54.6 Å². The van der Waals surface area contributed by atoms with Gasteiger partial charge in [0.2, 0.25) is 11.7 Å². The summed E-state index contributed by atoms with van der Waals surface area (Å²) in [5, 5.41) is 6.37. The van der Waals surface area contributed by atoms with E-state index in [4.69, 9.17) is 23.7 Å². The fourth-order valence-corrected chi connectivity index (χ4v) is 4.96. The lowest BCUT2D eigenvalue weighted by atomic mass is 9.99. The summed E-state index contributed by atoms with van der Waals surface area (Å²) in [6.45, 7) is 2.29. The lowest BCUT2D eigenvalue weighted by Gasteiger charge is -2.41. The van der Waals surface area contributed by atoms with Crippen LogP contribution >= 0.6 is 0 Å². The second-order valence-corrected chi connectivity index (χ2v) is 9.53. The van der Waals surface area contributed by atoms with Crippen molar-refractivity contribution in [2.24, 2.45) is 0 Å². The van der Waals surface area contributed by atoms with Crippen LogP contribution in [0.4, 0.5) is 5.69 Å². The van der Waals surface area contributed by atoms with Gasteiger partial charge in [-0.1, -0.05) is 18.2 Å². The molecule has 8 heteroatoms. The van der Waals surface area contributed by atoms with Crippen LogP contribution in [0.1, 0.15) is 30.4 Å². The fraction of sp³-hybridized carbons (Fsp3) is 0.367. The molecule has 1 spiro atoms. The molecule has 1 fully saturated rings. The van der Waals surface area contributed by atoms with Crippen molar-refractivity contribution < 1.29 is 28.5 Å². The largest absolute Gasteiger partial charge is 0.495 e. The molecule has 0 aromatic heterocycles. The molecule has 0 saturated carbocycles. The zero-order valence-electron chi connectivity index (χ0n) is 22.1. The molecular weight excluding hydrogens is 484 g/mol. The first-order valence-corrected chi connectivity index (χ1v) is 12.9. The quantitative estimate of drug-likeness (QED) is 0.437. The summed E-state index contributed by atoms with van der Waals surface area (Å²) in [6, 6.07) is 17.6. The lowest BCUT2D eigenvalue weighted by Crippen LogP contribution is -2.49. The molecule has 2 N–H and O–H groups in total. The van der Waals surface area contributed by atoms with Crippen molar-refractivity contribution in [1.82, 2.24) is 5.32 Å². The van der Waals surface area contributed by atoms with Gasteiger partial charge in [0, 0.05) is 37.9 Å². The van der Waals surface area contributed by atoms with Gasteiger partial charge in [-0.15, -0.1) is 0 Å². The molecule has 0 atom stereocenters. The Morgan fingerprint density at radius 2 is 1.61 bits per heavy atom. The molecule has 3 aromatic carbocycles. The number of ether oxygens (including phenoxy) is 5. The van der Waals surface area contributed by atoms with Gasteiger partial charge < -0.3 is 34.3 Å². The van der Waals surface area contributed by atoms with Crippen LogP contribution in [0.2, 0.25) is 0 Å². The number of amides is 1. The molecule has 2 aliphatic rings. The van der Waals surface area contributed by atoms with Crippen molar-refractivity contribution in [2.45, 2.75) is 38.1 Å². The van der Waals surface area contributed by atoms with Gasteiger partial charge in [0.15, 0.2) is 11.5 Å². The standard InChI is InChI=1S/C30H34N2O6/c1-34-26-10-7-22(21-6-9-25-23(17-21)19-37-30(38-25)12-14-31-15-13-30)18-24(26)32-29(33)11-5-20-4-8-27(35-2)28(16-20)36-3/h4,6-10,16-18,31H,5,11-15,19H2,1-3H3,(H,32,33). The van der Waals surface area contributed by atoms with Crippen LogP contribution in [0.3, 0.4) is 0 Å². The number of aryl methyl sites for hydroxylation is 1. The van der Waals surface area contributed by atoms with E-state index in [2.05, 4.69) is 16.7 Å². The van der Waals surface area contributed by atoms with Crippen molar-refractivity contribution >= 4 is 11.6 Å². The van der Waals surface area contributed by atoms with Crippen molar-refractivity contribution in [3.05, 3.63) is 65.7 Å². The highest BCUT2D eigenvalue weighted by molar-refractivity contribution is 5.93. The first kappa shape index (κ1) is 25.9. The smallest absolute Gasteiger partial charge is 0.224 e. The predicted octanol–water partition coefficient (Wildman–Crippen LogP) is 4.94. The summed E-state index contributed by atoms with van der Waals surface area (Å²) < 4.78 is 28.7. The molecule has 2 heterocycles. The highest BCUT2D eigenvalue weighted by Gasteiger charge is 2.38. The number of piperidine rings is 1. The van der Waals surface area contributed by atoms with E-state index in [9.17, 15) is 4.79 Å². The van der Waals surface area contributed by atoms with Crippen LogP contribution < -0.4 is 29.6 Å². The maximum Gasteiger partial charge on any atom is 0.224 e. The van der Waals surface area contributed by atoms with E-state index >= 15 is 0 Å². The Morgan fingerprint density at radius 3 is 2.37 bits per heavy atom. The van der Waals surface area contributed by atoms with Gasteiger partial charge in [-0.2, -0.15) is 0 Å². The number of methoxy groups -OCH3 is 3. The van der Waals surface area contributed by atoms with Crippen molar-refractivity contribution in [2.75, 3.05) is 39.7 Å². The minimum absolute atomic E-state index is 0.102. The number of nitrogens with one attached hydrogen (secondary N) is 2. The van der Waals surface area contributed by atoms with Crippen LogP contribution in [0, 0.1) is 0 Å². The first-order chi connectivity index (χ1) is 18.5. The zero-order valence-corrected chi connectivity index (χ0v) is 22.1. The van der Waals surface area contributed by atoms with Crippen molar-refractivity contribution in [1.29, 1.82) is 0 Å². The molecule has 5 rings (SSSR count). The molecule has 0 radical (unpaired) electrons. The molecule has 0 bridgehead atoms. The number of rotatable bonds is 8. The van der Waals surface area contributed by atoms with Gasteiger partial charge in [0.05, 0.1) is 33.6 Å². The average Bonchev–Trinajstić information content (AvgIpc) is 2.96. The van der Waals surface area contributed by atoms with Gasteiger partial charge in [0.1, 0.15) is 11.5 Å². The molecule has 38 heavy (non-hydrogen) atoms. The highest BCUT2D eigenvalue weighted by Crippen LogP contribution is 2.39. The van der Waals surface area contributed by atoms with Gasteiger partial charge in [-0.25, -0.2) is 0 Å². The third-order valence-electron chi connectivity index (χ3n) is 7.11. The van der Waals surface area contributed by atoms with E-state index in [0.29, 0.717) is 42.4 Å². The van der Waals surface area contributed by atoms with Crippen LogP contribution in [-0.2, 0) is 22.6 Å². The van der Waals surface area contributed by atoms with E-state index in [1.54, 1.807) is 21.3 Å². The minimum atomic E-state index is -0.520. The molecule has 0 aliphatic carbocycles. The molecule has 200 valence electrons. The van der Waals surface area contributed by atoms with Crippen LogP contribution in [0.25, 0.3) is 11.1 Å². The Balaban J connectivity index is 1.28. The Labute approximate surface area is 223 Å². The van der Waals surface area contributed by atoms with E-state index in [1.807, 2.05) is 48.5 Å². The van der Waals surface area contributed by atoms with Crippen LogP contribution in [0.5, 0.6) is 23.0 Å². The SMILES string of the molecule is COc1ccc(-c2ccc3c(c2)COC2(CCNCC2)O3)cc1NC(=O)CCc1ccc(OC)c(OC)c1. The number of hydrogen-bond acceptors (Lipinski definition) is 7. The number of hydrogen-bond donors (Lipinski definition) is 2. The van der Waals surface area contributed by atoms with E-state index in [0.717, 1.165) is 53.9 Å². The normalized spacial score (nSPS) is 15.8. The highest BCUT2D eigenvalue weighted by atomic mass is 16.7. The Kier molecular flexibility index (Phi) is 7.72. The summed E-state index contributed by atoms with van der Waals surface area (Å²) in [6.07, 6.45) is 2.55. The van der Waals surface area contributed by atoms with Gasteiger partial charge in [0.25, 0.3) is 0 Å². The number of carbonyl (C=O) groups is 1. The minimum Gasteiger partial charge on any atom is -0.495 e. The molecule has 1 amide bonds. The topological polar surface area (TPSA) is 87.3 Å². The molecule has 2 aliphatic heterocycles. The molecule has 8 nitrogen and oxygen atoms in total. The van der Waals surface area contributed by atoms with Gasteiger partial charge >= 0.3 is 0 Å². The fourth-order valence-electron chi connectivity index (χ4n) is 4.96. The zero-order chi connectivity index (χ0) is 26.5. The van der Waals surface area contributed by atoms with Gasteiger partial charge in [-0.05, 0) is 59.5 Å². The van der Waals surface area contributed by atoms with E-state index in [-0.39, 0.29) is 5.91 Å². The molecule has 3 aromatic rings. The summed E-state index contributed by atoms with van der Waals surface area (Å²) >= 11 is 0. The van der Waals surface area contributed by atoms with Gasteiger partial charge in [-0.3, -0.25) is 4.79 Å². The number of fused-ring (bicyclic) bond motifs is 1. The third-order valence-corrected chi connectivity index (χ3v) is 7.11. The Bertz CT molecular complexity index is 1300. The van der Waals surface area contributed by atoms with Crippen molar-refractivity contribution in [3.63, 3.8) is 0 Å². The number of benzene rings is 3. The van der Waals surface area contributed by atoms with Crippen LogP contribution in [-0.4, -0.2) is 46.1 Å². The number of carbonyl (C=O) groups excluding carboxylic acids is 1. The molecule has 0 unspecified atom stereocenters. The third kappa shape index (κ3) is 5.56. The molecular formula is C30H34N2O6. The summed E-state index contributed by atoms with van der Waals surface area (Å²) in [4.78, 5) is 12.9. The second kappa shape index (κ2) is 11.3. The maximum absolute atomic E-state index is 12.9.